The van der Waals surface area contributed by atoms with Crippen LogP contribution in [0.25, 0.3) is 0 Å². The van der Waals surface area contributed by atoms with Crippen molar-refractivity contribution in [2.75, 3.05) is 13.7 Å². The van der Waals surface area contributed by atoms with Crippen molar-refractivity contribution in [3.63, 3.8) is 0 Å². The number of aromatic hydroxyl groups is 2. The molecule has 21 heteroatoms. The number of phenolic OH excluding ortho intramolecular Hbond substituents is 2. The normalized spacial score (nSPS) is 27.2. The van der Waals surface area contributed by atoms with E-state index in [0.717, 1.165) is 23.3 Å². The summed E-state index contributed by atoms with van der Waals surface area (Å²) in [6.45, 7) is 0.614. The number of methoxy groups -OCH3 is 1. The molecule has 3 aliphatic carbocycles. The van der Waals surface area contributed by atoms with Gasteiger partial charge in [-0.3, -0.25) is 14.4 Å². The number of aliphatic hydroxyl groups excluding tert-OH is 2. The van der Waals surface area contributed by atoms with Crippen LogP contribution in [0.15, 0.2) is 76.9 Å². The summed E-state index contributed by atoms with van der Waals surface area (Å²) >= 11 is 0. The van der Waals surface area contributed by atoms with E-state index in [4.69, 9.17) is 35.2 Å². The van der Waals surface area contributed by atoms with Crippen LogP contribution in [0, 0.1) is 11.8 Å². The zero-order valence-electron chi connectivity index (χ0n) is 40.6. The molecule has 1 saturated carbocycles. The predicted octanol–water partition coefficient (Wildman–Crippen LogP) is 3.51. The minimum atomic E-state index is -2.38. The van der Waals surface area contributed by atoms with Crippen molar-refractivity contribution < 1.29 is 73.2 Å². The highest BCUT2D eigenvalue weighted by Crippen LogP contribution is 2.52. The third kappa shape index (κ3) is 10.1. The van der Waals surface area contributed by atoms with Crippen molar-refractivity contribution in [1.82, 2.24) is 10.6 Å². The number of phenols is 2. The van der Waals surface area contributed by atoms with Gasteiger partial charge in [-0.2, -0.15) is 10.2 Å². The molecule has 9 rings (SSSR count). The van der Waals surface area contributed by atoms with E-state index in [-0.39, 0.29) is 70.7 Å². The Labute approximate surface area is 424 Å². The summed E-state index contributed by atoms with van der Waals surface area (Å²) in [7, 11) is 1.30. The predicted molar refractivity (Wildman–Crippen MR) is 263 cm³/mol. The molecule has 5 aliphatic rings. The number of nitrogens with one attached hydrogen (secondary N) is 2. The van der Waals surface area contributed by atoms with Gasteiger partial charge < -0.3 is 71.3 Å². The molecule has 2 amide bonds. The Kier molecular flexibility index (Phi) is 15.0. The first kappa shape index (κ1) is 51.8. The Bertz CT molecular complexity index is 2910. The fourth-order valence-electron chi connectivity index (χ4n) is 10.8. The lowest BCUT2D eigenvalue weighted by Crippen LogP contribution is -2.56. The molecule has 0 radical (unpaired) electrons. The molecule has 0 aromatic heterocycles. The van der Waals surface area contributed by atoms with Crippen LogP contribution in [0.2, 0.25) is 0 Å². The number of benzene rings is 4. The zero-order chi connectivity index (χ0) is 52.6. The molecular formula is C53H58N6O15. The molecule has 2 fully saturated rings. The molecule has 10 atom stereocenters. The number of alkyl carbamates (subject to hydrolysis) is 1. The number of nitrogens with two attached hydrogens (primary N) is 2. The maximum Gasteiger partial charge on any atom is 0.412 e. The molecule has 6 unspecified atom stereocenters. The summed E-state index contributed by atoms with van der Waals surface area (Å²) in [5.41, 5.74) is 11.6. The van der Waals surface area contributed by atoms with Crippen LogP contribution >= 0.6 is 0 Å². The summed E-state index contributed by atoms with van der Waals surface area (Å²) in [6.07, 6.45) is -3.62. The molecule has 390 valence electrons. The van der Waals surface area contributed by atoms with Gasteiger partial charge in [0.2, 0.25) is 5.78 Å². The summed E-state index contributed by atoms with van der Waals surface area (Å²) in [4.78, 5) is 67.3. The summed E-state index contributed by atoms with van der Waals surface area (Å²) in [5, 5.41) is 70.5. The molecule has 11 N–H and O–H groups in total. The number of hydrogen-bond acceptors (Lipinski definition) is 19. The molecular weight excluding hydrogens is 961 g/mol. The Morgan fingerprint density at radius 3 is 2.31 bits per heavy atom. The summed E-state index contributed by atoms with van der Waals surface area (Å²) < 4.78 is 28.6. The third-order valence-corrected chi connectivity index (χ3v) is 14.8. The van der Waals surface area contributed by atoms with Gasteiger partial charge in [0, 0.05) is 72.6 Å². The van der Waals surface area contributed by atoms with Gasteiger partial charge in [-0.25, -0.2) is 9.59 Å². The first-order valence-corrected chi connectivity index (χ1v) is 24.4. The number of nitrogens with zero attached hydrogens (tertiary/aromatic N) is 2. The second kappa shape index (κ2) is 21.4. The Hall–Kier alpha value is -7.11. The lowest BCUT2D eigenvalue weighted by molar-refractivity contribution is -0.249. The van der Waals surface area contributed by atoms with E-state index in [0.29, 0.717) is 31.4 Å². The van der Waals surface area contributed by atoms with Gasteiger partial charge in [0.1, 0.15) is 47.9 Å². The number of ketones is 3. The first-order chi connectivity index (χ1) is 35.5. The third-order valence-electron chi connectivity index (χ3n) is 14.8. The van der Waals surface area contributed by atoms with Crippen LogP contribution in [0.5, 0.6) is 23.0 Å². The Morgan fingerprint density at radius 2 is 1.59 bits per heavy atom. The monoisotopic (exact) mass is 1020 g/mol. The highest BCUT2D eigenvalue weighted by molar-refractivity contribution is 6.31. The number of Topliss-reactive ketones (excluding diaryl/α,β-unsaturated/α-hetero) is 1. The van der Waals surface area contributed by atoms with Crippen LogP contribution < -0.4 is 31.6 Å². The molecule has 2 aliphatic heterocycles. The van der Waals surface area contributed by atoms with Crippen molar-refractivity contribution in [2.24, 2.45) is 33.5 Å². The number of ether oxygens (including phenoxy) is 5. The van der Waals surface area contributed by atoms with Crippen LogP contribution in [0.1, 0.15) is 111 Å². The van der Waals surface area contributed by atoms with Crippen LogP contribution in [0.3, 0.4) is 0 Å². The van der Waals surface area contributed by atoms with Crippen LogP contribution in [-0.2, 0) is 38.6 Å². The number of carbonyl (C=O) groups excluding carboxylic acids is 5. The van der Waals surface area contributed by atoms with Gasteiger partial charge in [-0.1, -0.05) is 48.5 Å². The lowest BCUT2D eigenvalue weighted by atomic mass is 9.72. The average Bonchev–Trinajstić information content (AvgIpc) is 3.40. The Balaban J connectivity index is 0.818. The van der Waals surface area contributed by atoms with Crippen molar-refractivity contribution in [3.8, 4) is 23.0 Å². The van der Waals surface area contributed by atoms with E-state index in [1.165, 1.54) is 32.2 Å². The van der Waals surface area contributed by atoms with E-state index in [9.17, 15) is 49.5 Å². The molecule has 1 saturated heterocycles. The maximum absolute atomic E-state index is 14.0. The lowest BCUT2D eigenvalue weighted by Gasteiger charge is -2.42. The van der Waals surface area contributed by atoms with E-state index in [1.54, 1.807) is 24.3 Å². The van der Waals surface area contributed by atoms with E-state index in [2.05, 4.69) is 20.8 Å². The summed E-state index contributed by atoms with van der Waals surface area (Å²) in [6, 6.07) is 16.8. The SMILES string of the molecule is COc1cccc2c1C(=O)c1c(O)c3c(c(O)c1C2=O)C[C@@](O)(C(=O)CO)C[C@@H]3O[C@H]1CC(NC(=O)OCc2ccc(OC(=O)NC3CCC4C(c5ccc(CN)cc5)=NN=CC4CCC3N)cc2)[C@H](O)C(C)O1. The highest BCUT2D eigenvalue weighted by Gasteiger charge is 2.50. The van der Waals surface area contributed by atoms with Gasteiger partial charge in [0.15, 0.2) is 17.9 Å². The van der Waals surface area contributed by atoms with Crippen molar-refractivity contribution >= 4 is 41.5 Å². The molecule has 21 nitrogen and oxygen atoms in total. The molecule has 4 aromatic carbocycles. The minimum absolute atomic E-state index is 0.0433. The first-order valence-electron chi connectivity index (χ1n) is 24.4. The number of hydrogen-bond donors (Lipinski definition) is 9. The highest BCUT2D eigenvalue weighted by atomic mass is 16.7. The van der Waals surface area contributed by atoms with Crippen LogP contribution in [0.4, 0.5) is 9.59 Å². The van der Waals surface area contributed by atoms with E-state index < -0.39 is 108 Å². The van der Waals surface area contributed by atoms with Gasteiger partial charge in [-0.05, 0) is 67.5 Å². The molecule has 0 spiro atoms. The largest absolute Gasteiger partial charge is 0.507 e. The number of carbonyl (C=O) groups is 5. The molecule has 4 aromatic rings. The van der Waals surface area contributed by atoms with Gasteiger partial charge in [0.25, 0.3) is 0 Å². The molecule has 2 heterocycles. The minimum Gasteiger partial charge on any atom is -0.507 e. The van der Waals surface area contributed by atoms with Gasteiger partial charge in [-0.15, -0.1) is 0 Å². The Morgan fingerprint density at radius 1 is 0.878 bits per heavy atom. The number of rotatable bonds is 12. The van der Waals surface area contributed by atoms with Crippen molar-refractivity contribution in [3.05, 3.63) is 117 Å². The second-order valence-electron chi connectivity index (χ2n) is 19.3. The van der Waals surface area contributed by atoms with Crippen molar-refractivity contribution in [1.29, 1.82) is 0 Å². The molecule has 74 heavy (non-hydrogen) atoms. The fourth-order valence-corrected chi connectivity index (χ4v) is 10.8. The quantitative estimate of drug-likeness (QED) is 0.0808. The number of fused-ring (bicyclic) bond motifs is 4. The van der Waals surface area contributed by atoms with E-state index in [1.807, 2.05) is 30.5 Å². The fraction of sp³-hybridized carbons (Fsp3) is 0.415. The smallest absolute Gasteiger partial charge is 0.412 e. The van der Waals surface area contributed by atoms with Gasteiger partial charge in [0.05, 0.1) is 47.8 Å². The zero-order valence-corrected chi connectivity index (χ0v) is 40.6. The standard InChI is InChI=1S/C53H58N6O15/c1-25-46(62)36(18-40(72-25)74-38-20-53(69,39(61)23-60)19-33-42(38)50(66)44-43(48(33)64)47(63)32-4-3-5-37(70-2)41(32)49(44)65)58-51(67)71-24-27-8-13-30(14-9-27)73-52(68)57-35-17-15-31-29(12-16-34(35)55)22-56-59-45(31)28-10-6-26(21-54)7-11-28/h3-11,13-14,22,25,29,31,34-36,38,40,46,60,62,64,66,69H,12,15-21,23-24,54-55H2,1-2H3,(H,57,68)(H,58,67)/t25?,29?,31?,34?,35?,36?,38-,40-,46+,53-/m0/s1. The summed E-state index contributed by atoms with van der Waals surface area (Å²) in [5.74, 6) is -3.72. The molecule has 0 bridgehead atoms. The van der Waals surface area contributed by atoms with Gasteiger partial charge >= 0.3 is 12.2 Å². The average molecular weight is 1020 g/mol. The van der Waals surface area contributed by atoms with Crippen LogP contribution in [-0.4, -0.2) is 123 Å². The number of aliphatic hydroxyl groups is 3. The topological polar surface area (TPSA) is 333 Å². The maximum atomic E-state index is 14.0. The second-order valence-corrected chi connectivity index (χ2v) is 19.3. The van der Waals surface area contributed by atoms with E-state index >= 15 is 0 Å². The number of amides is 2. The van der Waals surface area contributed by atoms with Crippen molar-refractivity contribution in [2.45, 2.75) is 113 Å².